The summed E-state index contributed by atoms with van der Waals surface area (Å²) >= 11 is 0. The number of benzene rings is 2. The topological polar surface area (TPSA) is 55.4 Å². The van der Waals surface area contributed by atoms with Gasteiger partial charge >= 0.3 is 5.97 Å². The van der Waals surface area contributed by atoms with Crippen LogP contribution in [-0.2, 0) is 22.4 Å². The molecule has 2 aromatic carbocycles. The molecule has 25 heavy (non-hydrogen) atoms. The first-order chi connectivity index (χ1) is 12.0. The molecule has 0 aliphatic heterocycles. The minimum atomic E-state index is -1.22. The second-order valence-electron chi connectivity index (χ2n) is 5.38. The zero-order chi connectivity index (χ0) is 18.4. The second kappa shape index (κ2) is 8.37. The molecule has 0 heterocycles. The van der Waals surface area contributed by atoms with Gasteiger partial charge in [-0.25, -0.2) is 13.6 Å². The maximum atomic E-state index is 13.5. The minimum absolute atomic E-state index is 0.569. The molecule has 2 rings (SSSR count). The molecule has 1 amide bonds. The maximum Gasteiger partial charge on any atom is 0.344 e. The zero-order valence-electron chi connectivity index (χ0n) is 14.1. The Bertz CT molecular complexity index is 748. The molecular formula is C19H19F2NO3. The number of nitrogens with one attached hydrogen (secondary N) is 1. The van der Waals surface area contributed by atoms with Crippen molar-refractivity contribution < 1.29 is 23.1 Å². The van der Waals surface area contributed by atoms with Gasteiger partial charge in [0.25, 0.3) is 5.91 Å². The van der Waals surface area contributed by atoms with E-state index in [-0.39, 0.29) is 0 Å². The SMILES string of the molecule is CCc1cccc(CC)c1NC(=O)COC(=O)c1c(F)cccc1F. The fourth-order valence-electron chi connectivity index (χ4n) is 2.47. The number of ether oxygens (including phenoxy) is 1. The van der Waals surface area contributed by atoms with E-state index >= 15 is 0 Å². The van der Waals surface area contributed by atoms with Crippen LogP contribution in [0.4, 0.5) is 14.5 Å². The van der Waals surface area contributed by atoms with Gasteiger partial charge in [-0.15, -0.1) is 0 Å². The molecule has 0 aliphatic carbocycles. The summed E-state index contributed by atoms with van der Waals surface area (Å²) < 4.78 is 31.8. The lowest BCUT2D eigenvalue weighted by Crippen LogP contribution is -2.23. The fraction of sp³-hybridized carbons (Fsp3) is 0.263. The molecule has 0 unspecified atom stereocenters. The van der Waals surface area contributed by atoms with Crippen molar-refractivity contribution in [1.29, 1.82) is 0 Å². The molecule has 2 aromatic rings. The van der Waals surface area contributed by atoms with Crippen molar-refractivity contribution in [3.63, 3.8) is 0 Å². The number of anilines is 1. The predicted molar refractivity (Wildman–Crippen MR) is 90.5 cm³/mol. The van der Waals surface area contributed by atoms with Crippen molar-refractivity contribution in [2.75, 3.05) is 11.9 Å². The van der Waals surface area contributed by atoms with E-state index in [4.69, 9.17) is 4.74 Å². The van der Waals surface area contributed by atoms with Crippen molar-refractivity contribution in [2.45, 2.75) is 26.7 Å². The number of carbonyl (C=O) groups excluding carboxylic acids is 2. The summed E-state index contributed by atoms with van der Waals surface area (Å²) in [6.07, 6.45) is 1.45. The fourth-order valence-corrected chi connectivity index (χ4v) is 2.47. The number of halogens is 2. The Morgan fingerprint density at radius 2 is 1.48 bits per heavy atom. The Hall–Kier alpha value is -2.76. The van der Waals surface area contributed by atoms with Gasteiger partial charge in [-0.2, -0.15) is 0 Å². The summed E-state index contributed by atoms with van der Waals surface area (Å²) in [7, 11) is 0. The lowest BCUT2D eigenvalue weighted by atomic mass is 10.0. The van der Waals surface area contributed by atoms with E-state index in [1.165, 1.54) is 0 Å². The number of esters is 1. The summed E-state index contributed by atoms with van der Waals surface area (Å²) in [6.45, 7) is 3.30. The molecule has 6 heteroatoms. The summed E-state index contributed by atoms with van der Waals surface area (Å²) in [6, 6.07) is 8.75. The van der Waals surface area contributed by atoms with E-state index < -0.39 is 35.7 Å². The zero-order valence-corrected chi connectivity index (χ0v) is 14.1. The van der Waals surface area contributed by atoms with Gasteiger partial charge in [0, 0.05) is 5.69 Å². The molecule has 0 bridgehead atoms. The van der Waals surface area contributed by atoms with Crippen molar-refractivity contribution in [3.05, 3.63) is 64.7 Å². The third kappa shape index (κ3) is 4.41. The molecule has 0 aromatic heterocycles. The number of aryl methyl sites for hydroxylation is 2. The first-order valence-electron chi connectivity index (χ1n) is 7.99. The van der Waals surface area contributed by atoms with Gasteiger partial charge in [-0.3, -0.25) is 4.79 Å². The number of carbonyl (C=O) groups is 2. The van der Waals surface area contributed by atoms with Gasteiger partial charge in [0.2, 0.25) is 0 Å². The van der Waals surface area contributed by atoms with E-state index in [1.807, 2.05) is 32.0 Å². The normalized spacial score (nSPS) is 10.4. The summed E-state index contributed by atoms with van der Waals surface area (Å²) in [5, 5.41) is 2.71. The molecule has 0 saturated carbocycles. The van der Waals surface area contributed by atoms with Crippen molar-refractivity contribution >= 4 is 17.6 Å². The minimum Gasteiger partial charge on any atom is -0.452 e. The van der Waals surface area contributed by atoms with Crippen LogP contribution in [0.15, 0.2) is 36.4 Å². The van der Waals surface area contributed by atoms with Gasteiger partial charge in [-0.05, 0) is 36.1 Å². The average Bonchev–Trinajstić information content (AvgIpc) is 2.60. The van der Waals surface area contributed by atoms with Crippen LogP contribution in [-0.4, -0.2) is 18.5 Å². The number of hydrogen-bond donors (Lipinski definition) is 1. The van der Waals surface area contributed by atoms with E-state index in [1.54, 1.807) is 0 Å². The summed E-state index contributed by atoms with van der Waals surface area (Å²) in [4.78, 5) is 23.9. The average molecular weight is 347 g/mol. The van der Waals surface area contributed by atoms with Gasteiger partial charge in [0.15, 0.2) is 6.61 Å². The van der Waals surface area contributed by atoms with E-state index in [0.29, 0.717) is 5.69 Å². The van der Waals surface area contributed by atoms with Crippen molar-refractivity contribution in [3.8, 4) is 0 Å². The molecule has 0 saturated heterocycles. The van der Waals surface area contributed by atoms with Gasteiger partial charge in [0.1, 0.15) is 17.2 Å². The first-order valence-corrected chi connectivity index (χ1v) is 7.99. The highest BCUT2D eigenvalue weighted by Crippen LogP contribution is 2.22. The standard InChI is InChI=1S/C19H19F2NO3/c1-3-12-7-5-8-13(4-2)18(12)22-16(23)11-25-19(24)17-14(20)9-6-10-15(17)21/h5-10H,3-4,11H2,1-2H3,(H,22,23). The Labute approximate surface area is 144 Å². The van der Waals surface area contributed by atoms with Gasteiger partial charge in [0.05, 0.1) is 0 Å². The van der Waals surface area contributed by atoms with E-state index in [0.717, 1.165) is 42.2 Å². The molecule has 0 fully saturated rings. The lowest BCUT2D eigenvalue weighted by molar-refractivity contribution is -0.119. The second-order valence-corrected chi connectivity index (χ2v) is 5.38. The van der Waals surface area contributed by atoms with Crippen LogP contribution >= 0.6 is 0 Å². The van der Waals surface area contributed by atoms with Crippen LogP contribution in [0.2, 0.25) is 0 Å². The van der Waals surface area contributed by atoms with E-state index in [2.05, 4.69) is 5.32 Å². The number of hydrogen-bond acceptors (Lipinski definition) is 3. The predicted octanol–water partition coefficient (Wildman–Crippen LogP) is 3.89. The van der Waals surface area contributed by atoms with Crippen LogP contribution in [0.25, 0.3) is 0 Å². The van der Waals surface area contributed by atoms with Gasteiger partial charge in [-0.1, -0.05) is 38.1 Å². The van der Waals surface area contributed by atoms with E-state index in [9.17, 15) is 18.4 Å². The Kier molecular flexibility index (Phi) is 6.22. The third-order valence-corrected chi connectivity index (χ3v) is 3.76. The first kappa shape index (κ1) is 18.6. The number of rotatable bonds is 6. The number of amides is 1. The molecular weight excluding hydrogens is 328 g/mol. The summed E-state index contributed by atoms with van der Waals surface area (Å²) in [5.41, 5.74) is 1.79. The quantitative estimate of drug-likeness (QED) is 0.807. The Morgan fingerprint density at radius 3 is 2.00 bits per heavy atom. The van der Waals surface area contributed by atoms with Crippen LogP contribution in [0, 0.1) is 11.6 Å². The Balaban J connectivity index is 2.06. The highest BCUT2D eigenvalue weighted by molar-refractivity contribution is 5.96. The largest absolute Gasteiger partial charge is 0.452 e. The van der Waals surface area contributed by atoms with Crippen molar-refractivity contribution in [1.82, 2.24) is 0 Å². The third-order valence-electron chi connectivity index (χ3n) is 3.76. The molecule has 4 nitrogen and oxygen atoms in total. The van der Waals surface area contributed by atoms with Gasteiger partial charge < -0.3 is 10.1 Å². The smallest absolute Gasteiger partial charge is 0.344 e. The molecule has 132 valence electrons. The van der Waals surface area contributed by atoms with Crippen molar-refractivity contribution in [2.24, 2.45) is 0 Å². The lowest BCUT2D eigenvalue weighted by Gasteiger charge is -2.14. The Morgan fingerprint density at radius 1 is 0.960 bits per heavy atom. The highest BCUT2D eigenvalue weighted by atomic mass is 19.1. The molecule has 0 radical (unpaired) electrons. The monoisotopic (exact) mass is 347 g/mol. The number of para-hydroxylation sites is 1. The van der Waals surface area contributed by atoms with Crippen LogP contribution < -0.4 is 5.32 Å². The summed E-state index contributed by atoms with van der Waals surface area (Å²) in [5.74, 6) is -3.85. The molecule has 1 N–H and O–H groups in total. The highest BCUT2D eigenvalue weighted by Gasteiger charge is 2.20. The van der Waals surface area contributed by atoms with Crippen LogP contribution in [0.5, 0.6) is 0 Å². The van der Waals surface area contributed by atoms with Crippen LogP contribution in [0.3, 0.4) is 0 Å². The molecule has 0 aliphatic rings. The maximum absolute atomic E-state index is 13.5. The molecule has 0 spiro atoms. The van der Waals surface area contributed by atoms with Crippen LogP contribution in [0.1, 0.15) is 35.3 Å². The molecule has 0 atom stereocenters.